The highest BCUT2D eigenvalue weighted by Crippen LogP contribution is 2.36. The van der Waals surface area contributed by atoms with Gasteiger partial charge in [-0.1, -0.05) is 42.8 Å². The lowest BCUT2D eigenvalue weighted by Gasteiger charge is -2.27. The van der Waals surface area contributed by atoms with Gasteiger partial charge in [0.05, 0.1) is 10.1 Å². The number of benzene rings is 2. The number of piperidine rings is 1. The van der Waals surface area contributed by atoms with E-state index in [1.807, 2.05) is 24.3 Å². The number of nitrogens with zero attached hydrogens (tertiary/aromatic N) is 1. The van der Waals surface area contributed by atoms with Crippen LogP contribution >= 0.6 is 11.8 Å². The molecule has 4 rings (SSSR count). The Bertz CT molecular complexity index is 944. The van der Waals surface area contributed by atoms with Gasteiger partial charge in [-0.15, -0.1) is 11.8 Å². The van der Waals surface area contributed by atoms with Gasteiger partial charge in [-0.2, -0.15) is 4.31 Å². The van der Waals surface area contributed by atoms with Crippen LogP contribution in [0.4, 0.5) is 0 Å². The summed E-state index contributed by atoms with van der Waals surface area (Å²) in [5, 5.41) is 2.78. The number of carbonyl (C=O) groups excluding carboxylic acids is 1. The van der Waals surface area contributed by atoms with E-state index in [0.29, 0.717) is 30.0 Å². The quantitative estimate of drug-likeness (QED) is 0.813. The largest absolute Gasteiger partial charge is 0.351 e. The molecule has 0 bridgehead atoms. The highest BCUT2D eigenvalue weighted by atomic mass is 32.2. The van der Waals surface area contributed by atoms with Gasteiger partial charge in [0.2, 0.25) is 15.9 Å². The molecular formula is C21H24N2O3S2. The van der Waals surface area contributed by atoms with Gasteiger partial charge in [0, 0.05) is 24.5 Å². The summed E-state index contributed by atoms with van der Waals surface area (Å²) in [5.74, 6) is -0.0497. The van der Waals surface area contributed by atoms with Crippen LogP contribution in [0.2, 0.25) is 0 Å². The molecular weight excluding hydrogens is 392 g/mol. The van der Waals surface area contributed by atoms with Crippen molar-refractivity contribution in [2.75, 3.05) is 13.1 Å². The molecule has 0 spiro atoms. The first-order valence-electron chi connectivity index (χ1n) is 9.66. The molecule has 0 aliphatic carbocycles. The van der Waals surface area contributed by atoms with Crippen molar-refractivity contribution < 1.29 is 13.2 Å². The van der Waals surface area contributed by atoms with Crippen LogP contribution in [0.3, 0.4) is 0 Å². The SMILES string of the molecule is O=C(NCc1ccccc1S(=O)(=O)N1CCCCC1)C1Cc2ccccc2S1. The van der Waals surface area contributed by atoms with Crippen molar-refractivity contribution in [1.29, 1.82) is 0 Å². The predicted octanol–water partition coefficient (Wildman–Crippen LogP) is 3.19. The molecule has 2 aromatic carbocycles. The summed E-state index contributed by atoms with van der Waals surface area (Å²) in [7, 11) is -3.53. The van der Waals surface area contributed by atoms with Crippen molar-refractivity contribution in [3.8, 4) is 0 Å². The molecule has 7 heteroatoms. The molecule has 1 atom stereocenters. The first-order valence-corrected chi connectivity index (χ1v) is 12.0. The topological polar surface area (TPSA) is 66.5 Å². The third-order valence-electron chi connectivity index (χ3n) is 5.30. The van der Waals surface area contributed by atoms with Crippen LogP contribution in [0.25, 0.3) is 0 Å². The van der Waals surface area contributed by atoms with Crippen LogP contribution in [0.1, 0.15) is 30.4 Å². The van der Waals surface area contributed by atoms with Crippen molar-refractivity contribution in [3.05, 3.63) is 59.7 Å². The predicted molar refractivity (Wildman–Crippen MR) is 111 cm³/mol. The zero-order valence-electron chi connectivity index (χ0n) is 15.6. The molecule has 148 valence electrons. The van der Waals surface area contributed by atoms with Gasteiger partial charge in [-0.25, -0.2) is 8.42 Å². The van der Waals surface area contributed by atoms with Gasteiger partial charge >= 0.3 is 0 Å². The Morgan fingerprint density at radius 2 is 1.75 bits per heavy atom. The molecule has 2 heterocycles. The highest BCUT2D eigenvalue weighted by molar-refractivity contribution is 8.01. The summed E-state index contributed by atoms with van der Waals surface area (Å²) in [6.07, 6.45) is 3.58. The number of nitrogens with one attached hydrogen (secondary N) is 1. The standard InChI is InChI=1S/C21H24N2O3S2/c24-21(19-14-16-8-2-4-10-18(16)27-19)22-15-17-9-3-5-11-20(17)28(25,26)23-12-6-1-7-13-23/h2-5,8-11,19H,1,6-7,12-15H2,(H,22,24). The maximum Gasteiger partial charge on any atom is 0.243 e. The molecule has 1 saturated heterocycles. The van der Waals surface area contributed by atoms with Crippen LogP contribution in [0, 0.1) is 0 Å². The Hall–Kier alpha value is -1.83. The van der Waals surface area contributed by atoms with E-state index in [-0.39, 0.29) is 17.7 Å². The number of carbonyl (C=O) groups is 1. The first-order chi connectivity index (χ1) is 13.6. The third-order valence-corrected chi connectivity index (χ3v) is 8.61. The maximum atomic E-state index is 13.1. The van der Waals surface area contributed by atoms with Crippen LogP contribution in [0.5, 0.6) is 0 Å². The Kier molecular flexibility index (Phi) is 5.75. The van der Waals surface area contributed by atoms with Crippen molar-refractivity contribution in [3.63, 3.8) is 0 Å². The molecule has 1 unspecified atom stereocenters. The van der Waals surface area contributed by atoms with Gasteiger partial charge < -0.3 is 5.32 Å². The Morgan fingerprint density at radius 3 is 2.54 bits per heavy atom. The van der Waals surface area contributed by atoms with E-state index in [0.717, 1.165) is 24.2 Å². The fraction of sp³-hybridized carbons (Fsp3) is 0.381. The molecule has 2 aromatic rings. The molecule has 5 nitrogen and oxygen atoms in total. The normalized spacial score (nSPS) is 19.9. The monoisotopic (exact) mass is 416 g/mol. The van der Waals surface area contributed by atoms with Gasteiger partial charge in [0.25, 0.3) is 0 Å². The minimum absolute atomic E-state index is 0.0497. The summed E-state index contributed by atoms with van der Waals surface area (Å²) in [4.78, 5) is 14.1. The minimum Gasteiger partial charge on any atom is -0.351 e. The summed E-state index contributed by atoms with van der Waals surface area (Å²) in [6, 6.07) is 15.0. The molecule has 1 N–H and O–H groups in total. The molecule has 28 heavy (non-hydrogen) atoms. The Balaban J connectivity index is 1.45. The van der Waals surface area contributed by atoms with Crippen LogP contribution < -0.4 is 5.32 Å². The second kappa shape index (κ2) is 8.27. The lowest BCUT2D eigenvalue weighted by molar-refractivity contribution is -0.120. The third kappa shape index (κ3) is 3.97. The van der Waals surface area contributed by atoms with E-state index in [1.54, 1.807) is 34.3 Å². The van der Waals surface area contributed by atoms with Gasteiger partial charge in [0.15, 0.2) is 0 Å². The molecule has 0 saturated carbocycles. The molecule has 0 aromatic heterocycles. The maximum absolute atomic E-state index is 13.1. The van der Waals surface area contributed by atoms with E-state index in [4.69, 9.17) is 0 Å². The summed E-state index contributed by atoms with van der Waals surface area (Å²) >= 11 is 1.57. The summed E-state index contributed by atoms with van der Waals surface area (Å²) in [5.41, 5.74) is 1.84. The number of amides is 1. The van der Waals surface area contributed by atoms with Crippen molar-refractivity contribution in [2.24, 2.45) is 0 Å². The zero-order chi connectivity index (χ0) is 19.6. The van der Waals surface area contributed by atoms with E-state index >= 15 is 0 Å². The fourth-order valence-corrected chi connectivity index (χ4v) is 6.73. The number of hydrogen-bond donors (Lipinski definition) is 1. The molecule has 0 radical (unpaired) electrons. The van der Waals surface area contributed by atoms with Crippen LogP contribution in [-0.2, 0) is 27.8 Å². The minimum atomic E-state index is -3.53. The second-order valence-corrected chi connectivity index (χ2v) is 10.4. The zero-order valence-corrected chi connectivity index (χ0v) is 17.3. The number of hydrogen-bond acceptors (Lipinski definition) is 4. The van der Waals surface area contributed by atoms with Crippen LogP contribution in [-0.4, -0.2) is 37.0 Å². The Labute approximate surface area is 170 Å². The van der Waals surface area contributed by atoms with E-state index in [9.17, 15) is 13.2 Å². The number of sulfonamides is 1. The fourth-order valence-electron chi connectivity index (χ4n) is 3.77. The highest BCUT2D eigenvalue weighted by Gasteiger charge is 2.30. The van der Waals surface area contributed by atoms with Crippen molar-refractivity contribution >= 4 is 27.7 Å². The first kappa shape index (κ1) is 19.5. The molecule has 2 aliphatic rings. The smallest absolute Gasteiger partial charge is 0.243 e. The average molecular weight is 417 g/mol. The van der Waals surface area contributed by atoms with E-state index < -0.39 is 10.0 Å². The molecule has 1 amide bonds. The molecule has 1 fully saturated rings. The molecule has 2 aliphatic heterocycles. The number of fused-ring (bicyclic) bond motifs is 1. The summed E-state index contributed by atoms with van der Waals surface area (Å²) in [6.45, 7) is 1.36. The van der Waals surface area contributed by atoms with Gasteiger partial charge in [-0.3, -0.25) is 4.79 Å². The van der Waals surface area contributed by atoms with E-state index in [1.165, 1.54) is 5.56 Å². The van der Waals surface area contributed by atoms with E-state index in [2.05, 4.69) is 11.4 Å². The average Bonchev–Trinajstić information content (AvgIpc) is 3.17. The summed E-state index contributed by atoms with van der Waals surface area (Å²) < 4.78 is 27.7. The van der Waals surface area contributed by atoms with Gasteiger partial charge in [0.1, 0.15) is 0 Å². The van der Waals surface area contributed by atoms with Crippen LogP contribution in [0.15, 0.2) is 58.3 Å². The number of thioether (sulfide) groups is 1. The van der Waals surface area contributed by atoms with Crippen molar-refractivity contribution in [2.45, 2.75) is 47.3 Å². The lowest BCUT2D eigenvalue weighted by atomic mass is 10.1. The number of rotatable bonds is 5. The Morgan fingerprint density at radius 1 is 1.04 bits per heavy atom. The lowest BCUT2D eigenvalue weighted by Crippen LogP contribution is -2.37. The second-order valence-electron chi connectivity index (χ2n) is 7.21. The van der Waals surface area contributed by atoms with Crippen molar-refractivity contribution in [1.82, 2.24) is 9.62 Å². The van der Waals surface area contributed by atoms with Gasteiger partial charge in [-0.05, 0) is 42.5 Å².